The minimum atomic E-state index is -0.946. The molecule has 0 aliphatic carbocycles. The number of ether oxygens (including phenoxy) is 1. The number of phenols is 1. The lowest BCUT2D eigenvalue weighted by Crippen LogP contribution is -2.40. The lowest BCUT2D eigenvalue weighted by atomic mass is 9.94. The van der Waals surface area contributed by atoms with Crippen LogP contribution in [0.5, 0.6) is 5.75 Å². The van der Waals surface area contributed by atoms with Gasteiger partial charge in [0, 0.05) is 11.6 Å². The van der Waals surface area contributed by atoms with Gasteiger partial charge >= 0.3 is 5.97 Å². The molecule has 1 N–H and O–H groups in total. The molecule has 0 saturated carbocycles. The van der Waals surface area contributed by atoms with E-state index >= 15 is 0 Å². The molecule has 35 heavy (non-hydrogen) atoms. The van der Waals surface area contributed by atoms with Gasteiger partial charge in [-0.05, 0) is 66.0 Å². The Balaban J connectivity index is 1.99. The monoisotopic (exact) mass is 557 g/mol. The van der Waals surface area contributed by atoms with Crippen LogP contribution < -0.4 is 14.9 Å². The number of hydrogen-bond donors (Lipinski definition) is 1. The molecule has 0 fully saturated rings. The maximum absolute atomic E-state index is 13.6. The predicted octanol–water partition coefficient (Wildman–Crippen LogP) is 3.48. The fourth-order valence-corrected chi connectivity index (χ4v) is 5.31. The van der Waals surface area contributed by atoms with Crippen molar-refractivity contribution in [2.45, 2.75) is 26.8 Å². The highest BCUT2D eigenvalue weighted by Gasteiger charge is 2.34. The average Bonchev–Trinajstić information content (AvgIpc) is 3.10. The molecule has 180 valence electrons. The molecule has 3 aromatic rings. The highest BCUT2D eigenvalue weighted by Crippen LogP contribution is 2.33. The molecule has 1 aliphatic rings. The number of rotatable bonds is 5. The van der Waals surface area contributed by atoms with Crippen LogP contribution in [-0.2, 0) is 9.53 Å². The van der Waals surface area contributed by atoms with E-state index in [0.717, 1.165) is 11.3 Å². The van der Waals surface area contributed by atoms with Crippen molar-refractivity contribution in [2.24, 2.45) is 4.99 Å². The molecular weight excluding hydrogens is 538 g/mol. The molecule has 0 amide bonds. The zero-order valence-corrected chi connectivity index (χ0v) is 21.3. The Morgan fingerprint density at radius 1 is 1.31 bits per heavy atom. The van der Waals surface area contributed by atoms with Crippen LogP contribution in [0, 0.1) is 17.0 Å². The van der Waals surface area contributed by atoms with Gasteiger partial charge in [0.15, 0.2) is 4.80 Å². The van der Waals surface area contributed by atoms with Crippen molar-refractivity contribution in [3.8, 4) is 5.75 Å². The summed E-state index contributed by atoms with van der Waals surface area (Å²) in [5.41, 5.74) is 1.54. The molecule has 1 atom stereocenters. The van der Waals surface area contributed by atoms with Crippen molar-refractivity contribution in [2.75, 3.05) is 6.61 Å². The molecule has 2 heterocycles. The number of aromatic nitrogens is 1. The minimum absolute atomic E-state index is 0.0688. The number of benzene rings is 2. The van der Waals surface area contributed by atoms with Crippen molar-refractivity contribution in [3.63, 3.8) is 0 Å². The first-order chi connectivity index (χ1) is 16.6. The summed E-state index contributed by atoms with van der Waals surface area (Å²) in [6.45, 7) is 5.06. The lowest BCUT2D eigenvalue weighted by Gasteiger charge is -2.24. The van der Waals surface area contributed by atoms with Crippen LogP contribution >= 0.6 is 27.3 Å². The summed E-state index contributed by atoms with van der Waals surface area (Å²) in [5, 5.41) is 21.4. The third-order valence-electron chi connectivity index (χ3n) is 5.53. The van der Waals surface area contributed by atoms with Crippen molar-refractivity contribution >= 4 is 45.0 Å². The number of nitro benzene ring substituents is 1. The predicted molar refractivity (Wildman–Crippen MR) is 134 cm³/mol. The number of carbonyl (C=O) groups is 1. The van der Waals surface area contributed by atoms with Gasteiger partial charge < -0.3 is 9.84 Å². The van der Waals surface area contributed by atoms with E-state index in [-0.39, 0.29) is 23.6 Å². The molecule has 0 bridgehead atoms. The Bertz CT molecular complexity index is 1590. The number of aryl methyl sites for hydroxylation is 1. The second kappa shape index (κ2) is 9.59. The number of phenolic OH excluding ortho intramolecular Hbond substituents is 1. The summed E-state index contributed by atoms with van der Waals surface area (Å²) >= 11 is 4.40. The quantitative estimate of drug-likeness (QED) is 0.291. The van der Waals surface area contributed by atoms with Crippen LogP contribution in [0.1, 0.15) is 36.6 Å². The second-order valence-corrected chi connectivity index (χ2v) is 9.68. The standard InChI is InChI=1S/C24H20BrN3O6S/c1-4-34-23(31)20-13(3)26-24-27(21(20)15-7-5-12(2)17(11-15)28(32)33)22(30)19(35-24)10-14-6-8-18(29)16(25)9-14/h5-11,21,29H,4H2,1-3H3/b19-10+/t21-/m0/s1. The number of thiazole rings is 1. The Morgan fingerprint density at radius 3 is 2.71 bits per heavy atom. The molecule has 1 aliphatic heterocycles. The number of halogens is 1. The molecule has 0 radical (unpaired) electrons. The fraction of sp³-hybridized carbons (Fsp3) is 0.208. The SMILES string of the molecule is CCOC(=O)C1=C(C)N=c2s/c(=C/c3ccc(O)c(Br)c3)c(=O)n2[C@H]1c1ccc(C)c([N+](=O)[O-])c1. The number of aromatic hydroxyl groups is 1. The number of nitrogens with zero attached hydrogens (tertiary/aromatic N) is 3. The normalized spacial score (nSPS) is 15.5. The largest absolute Gasteiger partial charge is 0.507 e. The summed E-state index contributed by atoms with van der Waals surface area (Å²) < 4.78 is 7.45. The first kappa shape index (κ1) is 24.6. The third-order valence-corrected chi connectivity index (χ3v) is 7.15. The van der Waals surface area contributed by atoms with Crippen LogP contribution in [0.2, 0.25) is 0 Å². The van der Waals surface area contributed by atoms with E-state index in [2.05, 4.69) is 20.9 Å². The van der Waals surface area contributed by atoms with Crippen LogP contribution in [0.3, 0.4) is 0 Å². The second-order valence-electron chi connectivity index (χ2n) is 7.82. The Labute approximate surface area is 211 Å². The summed E-state index contributed by atoms with van der Waals surface area (Å²) in [5.74, 6) is -0.571. The zero-order valence-electron chi connectivity index (χ0n) is 18.9. The molecule has 2 aromatic carbocycles. The van der Waals surface area contributed by atoms with Crippen LogP contribution in [0.15, 0.2) is 61.9 Å². The van der Waals surface area contributed by atoms with Crippen LogP contribution in [0.4, 0.5) is 5.69 Å². The summed E-state index contributed by atoms with van der Waals surface area (Å²) in [7, 11) is 0. The van der Waals surface area contributed by atoms with Crippen molar-refractivity contribution < 1.29 is 19.6 Å². The van der Waals surface area contributed by atoms with Crippen LogP contribution in [-0.4, -0.2) is 27.2 Å². The smallest absolute Gasteiger partial charge is 0.338 e. The van der Waals surface area contributed by atoms with Gasteiger partial charge in [-0.1, -0.05) is 29.5 Å². The maximum atomic E-state index is 13.6. The molecule has 11 heteroatoms. The minimum Gasteiger partial charge on any atom is -0.507 e. The topological polar surface area (TPSA) is 124 Å². The van der Waals surface area contributed by atoms with Gasteiger partial charge in [0.1, 0.15) is 5.75 Å². The molecule has 0 saturated heterocycles. The fourth-order valence-electron chi connectivity index (χ4n) is 3.86. The van der Waals surface area contributed by atoms with Crippen LogP contribution in [0.25, 0.3) is 6.08 Å². The molecule has 0 unspecified atom stereocenters. The first-order valence-corrected chi connectivity index (χ1v) is 12.2. The van der Waals surface area contributed by atoms with Gasteiger partial charge in [-0.3, -0.25) is 19.5 Å². The highest BCUT2D eigenvalue weighted by molar-refractivity contribution is 9.10. The summed E-state index contributed by atoms with van der Waals surface area (Å²) in [4.78, 5) is 42.5. The van der Waals surface area contributed by atoms with Crippen molar-refractivity contribution in [1.82, 2.24) is 4.57 Å². The number of carbonyl (C=O) groups excluding carboxylic acids is 1. The molecular formula is C24H20BrN3O6S. The summed E-state index contributed by atoms with van der Waals surface area (Å²) in [6, 6.07) is 8.53. The van der Waals surface area contributed by atoms with Crippen molar-refractivity contribution in [3.05, 3.63) is 98.6 Å². The third kappa shape index (κ3) is 4.56. The molecule has 0 spiro atoms. The van der Waals surface area contributed by atoms with Gasteiger partial charge in [0.25, 0.3) is 11.2 Å². The number of nitro groups is 1. The zero-order chi connectivity index (χ0) is 25.4. The van der Waals surface area contributed by atoms with Gasteiger partial charge in [-0.25, -0.2) is 9.79 Å². The average molecular weight is 558 g/mol. The van der Waals surface area contributed by atoms with Gasteiger partial charge in [0.2, 0.25) is 0 Å². The number of esters is 1. The summed E-state index contributed by atoms with van der Waals surface area (Å²) in [6.07, 6.45) is 1.66. The first-order valence-electron chi connectivity index (χ1n) is 10.6. The van der Waals surface area contributed by atoms with Crippen molar-refractivity contribution in [1.29, 1.82) is 0 Å². The molecule has 9 nitrogen and oxygen atoms in total. The number of fused-ring (bicyclic) bond motifs is 1. The van der Waals surface area contributed by atoms with E-state index in [1.807, 2.05) is 0 Å². The van der Waals surface area contributed by atoms with E-state index < -0.39 is 22.5 Å². The van der Waals surface area contributed by atoms with E-state index in [4.69, 9.17) is 4.74 Å². The number of allylic oxidation sites excluding steroid dienone is 1. The maximum Gasteiger partial charge on any atom is 0.338 e. The van der Waals surface area contributed by atoms with E-state index in [9.17, 15) is 24.8 Å². The van der Waals surface area contributed by atoms with Gasteiger partial charge in [-0.2, -0.15) is 0 Å². The Kier molecular flexibility index (Phi) is 6.73. The van der Waals surface area contributed by atoms with Gasteiger partial charge in [-0.15, -0.1) is 0 Å². The van der Waals surface area contributed by atoms with E-state index in [1.54, 1.807) is 51.1 Å². The Morgan fingerprint density at radius 2 is 2.06 bits per heavy atom. The molecule has 4 rings (SSSR count). The highest BCUT2D eigenvalue weighted by atomic mass is 79.9. The van der Waals surface area contributed by atoms with E-state index in [0.29, 0.717) is 36.2 Å². The van der Waals surface area contributed by atoms with E-state index in [1.165, 1.54) is 16.7 Å². The molecule has 1 aromatic heterocycles. The Hall–Kier alpha value is -3.57. The number of hydrogen-bond acceptors (Lipinski definition) is 8. The lowest BCUT2D eigenvalue weighted by molar-refractivity contribution is -0.385. The van der Waals surface area contributed by atoms with Gasteiger partial charge in [0.05, 0.1) is 37.8 Å².